The van der Waals surface area contributed by atoms with Crippen molar-refractivity contribution < 1.29 is 4.42 Å². The van der Waals surface area contributed by atoms with E-state index >= 15 is 0 Å². The van der Waals surface area contributed by atoms with E-state index in [-0.39, 0.29) is 30.0 Å². The second-order valence-electron chi connectivity index (χ2n) is 5.37. The third-order valence-corrected chi connectivity index (χ3v) is 3.44. The van der Waals surface area contributed by atoms with Gasteiger partial charge in [0.25, 0.3) is 0 Å². The van der Waals surface area contributed by atoms with Gasteiger partial charge in [0.05, 0.1) is 6.04 Å². The summed E-state index contributed by atoms with van der Waals surface area (Å²) in [4.78, 5) is 8.54. The molecule has 2 aromatic heterocycles. The lowest BCUT2D eigenvalue weighted by atomic mass is 10.2. The number of furan rings is 1. The van der Waals surface area contributed by atoms with Gasteiger partial charge in [0.15, 0.2) is 5.96 Å². The Balaban J connectivity index is 0.00000264. The Labute approximate surface area is 155 Å². The van der Waals surface area contributed by atoms with Crippen LogP contribution < -0.4 is 10.6 Å². The molecule has 0 aliphatic rings. The number of aryl methyl sites for hydroxylation is 2. The first-order chi connectivity index (χ1) is 10.6. The first-order valence-corrected chi connectivity index (χ1v) is 7.53. The molecule has 2 aromatic rings. The van der Waals surface area contributed by atoms with E-state index in [1.165, 1.54) is 5.56 Å². The smallest absolute Gasteiger partial charge is 0.191 e. The molecule has 0 bridgehead atoms. The third kappa shape index (κ3) is 6.21. The predicted octanol–water partition coefficient (Wildman–Crippen LogP) is 3.38. The fraction of sp³-hybridized carbons (Fsp3) is 0.412. The zero-order chi connectivity index (χ0) is 15.9. The molecule has 1 atom stereocenters. The summed E-state index contributed by atoms with van der Waals surface area (Å²) >= 11 is 0. The fourth-order valence-electron chi connectivity index (χ4n) is 2.13. The van der Waals surface area contributed by atoms with Crippen LogP contribution in [-0.4, -0.2) is 24.5 Å². The van der Waals surface area contributed by atoms with Crippen LogP contribution in [0.25, 0.3) is 0 Å². The SMILES string of the molecule is CN=C(NCCc1ccc(C)nc1)NC(C)c1ccc(C)o1.I. The molecule has 0 saturated carbocycles. The van der Waals surface area contributed by atoms with Crippen LogP contribution in [0.2, 0.25) is 0 Å². The number of nitrogens with zero attached hydrogens (tertiary/aromatic N) is 2. The molecule has 0 spiro atoms. The van der Waals surface area contributed by atoms with Gasteiger partial charge in [-0.25, -0.2) is 0 Å². The van der Waals surface area contributed by atoms with Crippen molar-refractivity contribution in [3.63, 3.8) is 0 Å². The molecule has 0 saturated heterocycles. The third-order valence-electron chi connectivity index (χ3n) is 3.44. The van der Waals surface area contributed by atoms with Gasteiger partial charge in [-0.1, -0.05) is 6.07 Å². The van der Waals surface area contributed by atoms with Crippen LogP contribution in [0.3, 0.4) is 0 Å². The first-order valence-electron chi connectivity index (χ1n) is 7.53. The van der Waals surface area contributed by atoms with Crippen LogP contribution in [0.4, 0.5) is 0 Å². The summed E-state index contributed by atoms with van der Waals surface area (Å²) in [6, 6.07) is 8.16. The molecule has 1 unspecified atom stereocenters. The molecule has 0 aromatic carbocycles. The largest absolute Gasteiger partial charge is 0.464 e. The summed E-state index contributed by atoms with van der Waals surface area (Å²) in [5, 5.41) is 6.63. The molecule has 0 aliphatic heterocycles. The highest BCUT2D eigenvalue weighted by atomic mass is 127. The van der Waals surface area contributed by atoms with Crippen molar-refractivity contribution in [2.24, 2.45) is 4.99 Å². The van der Waals surface area contributed by atoms with Gasteiger partial charge in [-0.2, -0.15) is 0 Å². The zero-order valence-corrected chi connectivity index (χ0v) is 16.4. The summed E-state index contributed by atoms with van der Waals surface area (Å²) in [6.45, 7) is 6.79. The Morgan fingerprint density at radius 1 is 1.26 bits per heavy atom. The second kappa shape index (κ2) is 9.54. The van der Waals surface area contributed by atoms with E-state index in [0.29, 0.717) is 0 Å². The van der Waals surface area contributed by atoms with Crippen molar-refractivity contribution in [1.29, 1.82) is 0 Å². The summed E-state index contributed by atoms with van der Waals surface area (Å²) in [5.41, 5.74) is 2.25. The molecule has 0 aliphatic carbocycles. The van der Waals surface area contributed by atoms with Crippen molar-refractivity contribution >= 4 is 29.9 Å². The minimum Gasteiger partial charge on any atom is -0.464 e. The molecule has 0 fully saturated rings. The normalized spacial score (nSPS) is 12.4. The number of aliphatic imine (C=N–C) groups is 1. The number of aromatic nitrogens is 1. The quantitative estimate of drug-likeness (QED) is 0.436. The van der Waals surface area contributed by atoms with E-state index in [2.05, 4.69) is 33.6 Å². The van der Waals surface area contributed by atoms with Gasteiger partial charge in [0, 0.05) is 25.5 Å². The lowest BCUT2D eigenvalue weighted by Crippen LogP contribution is -2.39. The van der Waals surface area contributed by atoms with Crippen LogP contribution in [-0.2, 0) is 6.42 Å². The molecule has 126 valence electrons. The average Bonchev–Trinajstić information content (AvgIpc) is 2.95. The predicted molar refractivity (Wildman–Crippen MR) is 104 cm³/mol. The molecular formula is C17H25IN4O. The van der Waals surface area contributed by atoms with Gasteiger partial charge in [0.2, 0.25) is 0 Å². The van der Waals surface area contributed by atoms with Gasteiger partial charge >= 0.3 is 0 Å². The maximum absolute atomic E-state index is 5.62. The van der Waals surface area contributed by atoms with E-state index in [1.54, 1.807) is 7.05 Å². The van der Waals surface area contributed by atoms with E-state index < -0.39 is 0 Å². The Morgan fingerprint density at radius 2 is 2.04 bits per heavy atom. The van der Waals surface area contributed by atoms with E-state index in [4.69, 9.17) is 4.42 Å². The minimum atomic E-state index is 0. The number of hydrogen-bond acceptors (Lipinski definition) is 3. The fourth-order valence-corrected chi connectivity index (χ4v) is 2.13. The van der Waals surface area contributed by atoms with Gasteiger partial charge in [-0.3, -0.25) is 9.98 Å². The first kappa shape index (κ1) is 19.5. The Kier molecular flexibility index (Phi) is 8.08. The Morgan fingerprint density at radius 3 is 2.61 bits per heavy atom. The van der Waals surface area contributed by atoms with Crippen molar-refractivity contribution in [3.05, 3.63) is 53.2 Å². The number of nitrogens with one attached hydrogen (secondary N) is 2. The second-order valence-corrected chi connectivity index (χ2v) is 5.37. The highest BCUT2D eigenvalue weighted by molar-refractivity contribution is 14.0. The van der Waals surface area contributed by atoms with Gasteiger partial charge < -0.3 is 15.1 Å². The molecule has 0 radical (unpaired) electrons. The summed E-state index contributed by atoms with van der Waals surface area (Å²) in [5.74, 6) is 2.59. The molecule has 6 heteroatoms. The summed E-state index contributed by atoms with van der Waals surface area (Å²) in [7, 11) is 1.77. The average molecular weight is 428 g/mol. The standard InChI is InChI=1S/C17H24N4O.HI/c1-12-5-7-15(11-20-12)9-10-19-17(18-4)21-14(3)16-8-6-13(2)22-16;/h5-8,11,14H,9-10H2,1-4H3,(H2,18,19,21);1H. The van der Waals surface area contributed by atoms with Crippen molar-refractivity contribution in [2.75, 3.05) is 13.6 Å². The zero-order valence-electron chi connectivity index (χ0n) is 14.1. The van der Waals surface area contributed by atoms with Gasteiger partial charge in [-0.15, -0.1) is 24.0 Å². The number of hydrogen-bond donors (Lipinski definition) is 2. The van der Waals surface area contributed by atoms with Crippen LogP contribution in [0.5, 0.6) is 0 Å². The molecular weight excluding hydrogens is 403 g/mol. The topological polar surface area (TPSA) is 62.5 Å². The molecule has 23 heavy (non-hydrogen) atoms. The molecule has 2 N–H and O–H groups in total. The van der Waals surface area contributed by atoms with Crippen LogP contribution in [0.15, 0.2) is 39.9 Å². The molecule has 2 heterocycles. The summed E-state index contributed by atoms with van der Waals surface area (Å²) in [6.07, 6.45) is 2.82. The maximum atomic E-state index is 5.62. The van der Waals surface area contributed by atoms with Crippen LogP contribution in [0.1, 0.15) is 35.7 Å². The van der Waals surface area contributed by atoms with Crippen LogP contribution >= 0.6 is 24.0 Å². The molecule has 0 amide bonds. The van der Waals surface area contributed by atoms with Crippen LogP contribution in [0, 0.1) is 13.8 Å². The molecule has 2 rings (SSSR count). The van der Waals surface area contributed by atoms with E-state index in [0.717, 1.165) is 36.1 Å². The van der Waals surface area contributed by atoms with Crippen molar-refractivity contribution in [1.82, 2.24) is 15.6 Å². The van der Waals surface area contributed by atoms with Gasteiger partial charge in [-0.05, 0) is 51.0 Å². The number of guanidine groups is 1. The Bertz CT molecular complexity index is 622. The summed E-state index contributed by atoms with van der Waals surface area (Å²) < 4.78 is 5.62. The number of rotatable bonds is 5. The number of pyridine rings is 1. The van der Waals surface area contributed by atoms with Crippen molar-refractivity contribution in [2.45, 2.75) is 33.2 Å². The number of halogens is 1. The lowest BCUT2D eigenvalue weighted by Gasteiger charge is -2.16. The lowest BCUT2D eigenvalue weighted by molar-refractivity contribution is 0.441. The Hall–Kier alpha value is -1.57. The molecule has 5 nitrogen and oxygen atoms in total. The minimum absolute atomic E-state index is 0. The van der Waals surface area contributed by atoms with E-state index in [1.807, 2.05) is 38.2 Å². The van der Waals surface area contributed by atoms with Crippen molar-refractivity contribution in [3.8, 4) is 0 Å². The maximum Gasteiger partial charge on any atom is 0.191 e. The van der Waals surface area contributed by atoms with E-state index in [9.17, 15) is 0 Å². The highest BCUT2D eigenvalue weighted by Gasteiger charge is 2.10. The monoisotopic (exact) mass is 428 g/mol. The highest BCUT2D eigenvalue weighted by Crippen LogP contribution is 2.15. The van der Waals surface area contributed by atoms with Gasteiger partial charge in [0.1, 0.15) is 11.5 Å².